The molecule has 0 saturated carbocycles. The number of ether oxygens (including phenoxy) is 1. The molecule has 0 saturated heterocycles. The summed E-state index contributed by atoms with van der Waals surface area (Å²) in [6, 6.07) is 9.12. The first-order valence-corrected chi connectivity index (χ1v) is 7.83. The number of pyridine rings is 1. The van der Waals surface area contributed by atoms with Crippen LogP contribution in [0, 0.1) is 0 Å². The van der Waals surface area contributed by atoms with E-state index >= 15 is 0 Å². The number of imide groups is 1. The molecule has 4 heterocycles. The highest BCUT2D eigenvalue weighted by atomic mass is 16.5. The van der Waals surface area contributed by atoms with Crippen LogP contribution in [-0.2, 0) is 14.3 Å². The van der Waals surface area contributed by atoms with Gasteiger partial charge in [-0.2, -0.15) is 0 Å². The van der Waals surface area contributed by atoms with E-state index in [1.54, 1.807) is 24.4 Å². The first-order chi connectivity index (χ1) is 11.4. The molecule has 2 bridgehead atoms. The number of carbonyl (C=O) groups excluding carboxylic acids is 2. The number of rotatable bonds is 1. The first kappa shape index (κ1) is 13.6. The third-order valence-corrected chi connectivity index (χ3v) is 5.08. The molecule has 1 aromatic heterocycles. The van der Waals surface area contributed by atoms with Crippen LogP contribution in [0.25, 0.3) is 10.9 Å². The number of nitrogens with zero attached hydrogens (tertiary/aromatic N) is 2. The highest BCUT2D eigenvalue weighted by Gasteiger charge is 2.62. The van der Waals surface area contributed by atoms with Gasteiger partial charge >= 0.3 is 0 Å². The van der Waals surface area contributed by atoms with Gasteiger partial charge in [0, 0.05) is 11.6 Å². The molecule has 5 rings (SSSR count). The number of hydrogen-bond donors (Lipinski definition) is 0. The van der Waals surface area contributed by atoms with Crippen molar-refractivity contribution < 1.29 is 14.3 Å². The van der Waals surface area contributed by atoms with Crippen LogP contribution >= 0.6 is 0 Å². The van der Waals surface area contributed by atoms with Crippen LogP contribution in [0.3, 0.4) is 0 Å². The fraction of sp³-hybridized carbons (Fsp3) is 0.211. The minimum Gasteiger partial charge on any atom is -0.351 e. The standard InChI is InChI=1S/C19H14N2O3/c1-18-8-9-19(2,24-18)15-14(18)16(22)21(17(15)23)13-7-3-6-12-11(13)5-4-10-20-12/h3-10H,1-2H3. The van der Waals surface area contributed by atoms with Gasteiger partial charge in [-0.05, 0) is 50.3 Å². The van der Waals surface area contributed by atoms with Crippen molar-refractivity contribution in [2.45, 2.75) is 25.0 Å². The van der Waals surface area contributed by atoms with Crippen molar-refractivity contribution in [3.05, 3.63) is 59.8 Å². The van der Waals surface area contributed by atoms with Crippen molar-refractivity contribution in [1.29, 1.82) is 0 Å². The zero-order valence-corrected chi connectivity index (χ0v) is 13.2. The number of carbonyl (C=O) groups is 2. The van der Waals surface area contributed by atoms with Crippen LogP contribution in [0.2, 0.25) is 0 Å². The van der Waals surface area contributed by atoms with Crippen LogP contribution in [-0.4, -0.2) is 28.0 Å². The van der Waals surface area contributed by atoms with Crippen molar-refractivity contribution in [1.82, 2.24) is 4.98 Å². The van der Waals surface area contributed by atoms with Gasteiger partial charge in [0.15, 0.2) is 0 Å². The van der Waals surface area contributed by atoms with E-state index in [-0.39, 0.29) is 11.8 Å². The van der Waals surface area contributed by atoms with Crippen molar-refractivity contribution in [3.8, 4) is 0 Å². The smallest absolute Gasteiger partial charge is 0.265 e. The SMILES string of the molecule is CC12C=CC(C)(O1)C1=C2C(=O)N(c2cccc3ncccc23)C1=O. The Balaban J connectivity index is 1.71. The molecule has 118 valence electrons. The van der Waals surface area contributed by atoms with Gasteiger partial charge in [-0.15, -0.1) is 0 Å². The molecule has 24 heavy (non-hydrogen) atoms. The molecule has 0 fully saturated rings. The third kappa shape index (κ3) is 1.41. The largest absolute Gasteiger partial charge is 0.351 e. The van der Waals surface area contributed by atoms with Gasteiger partial charge in [-0.3, -0.25) is 14.6 Å². The monoisotopic (exact) mass is 318 g/mol. The quantitative estimate of drug-likeness (QED) is 0.599. The maximum atomic E-state index is 13.1. The van der Waals surface area contributed by atoms with Crippen LogP contribution in [0.15, 0.2) is 59.8 Å². The number of fused-ring (bicyclic) bond motifs is 5. The fourth-order valence-electron chi connectivity index (χ4n) is 4.05. The summed E-state index contributed by atoms with van der Waals surface area (Å²) < 4.78 is 5.96. The Kier molecular flexibility index (Phi) is 2.27. The Labute approximate surface area is 138 Å². The number of hydrogen-bond acceptors (Lipinski definition) is 4. The molecule has 0 N–H and O–H groups in total. The molecule has 2 atom stereocenters. The van der Waals surface area contributed by atoms with Crippen molar-refractivity contribution in [2.75, 3.05) is 4.90 Å². The number of amides is 2. The highest BCUT2D eigenvalue weighted by molar-refractivity contribution is 6.36. The Morgan fingerprint density at radius 3 is 2.29 bits per heavy atom. The lowest BCUT2D eigenvalue weighted by molar-refractivity contribution is -0.123. The van der Waals surface area contributed by atoms with Gasteiger partial charge in [0.1, 0.15) is 11.2 Å². The van der Waals surface area contributed by atoms with E-state index in [1.807, 2.05) is 38.1 Å². The Morgan fingerprint density at radius 1 is 0.958 bits per heavy atom. The summed E-state index contributed by atoms with van der Waals surface area (Å²) >= 11 is 0. The summed E-state index contributed by atoms with van der Waals surface area (Å²) in [5.41, 5.74) is 0.578. The molecule has 0 radical (unpaired) electrons. The summed E-state index contributed by atoms with van der Waals surface area (Å²) in [6.45, 7) is 3.66. The van der Waals surface area contributed by atoms with E-state index in [1.165, 1.54) is 4.90 Å². The van der Waals surface area contributed by atoms with Crippen LogP contribution in [0.5, 0.6) is 0 Å². The second-order valence-electron chi connectivity index (χ2n) is 6.69. The van der Waals surface area contributed by atoms with E-state index in [0.29, 0.717) is 16.8 Å². The molecule has 5 nitrogen and oxygen atoms in total. The van der Waals surface area contributed by atoms with E-state index in [4.69, 9.17) is 4.74 Å². The topological polar surface area (TPSA) is 59.5 Å². The van der Waals surface area contributed by atoms with Crippen molar-refractivity contribution in [3.63, 3.8) is 0 Å². The molecule has 2 aromatic rings. The lowest BCUT2D eigenvalue weighted by atomic mass is 9.85. The number of benzene rings is 1. The molecule has 0 spiro atoms. The Morgan fingerprint density at radius 2 is 1.62 bits per heavy atom. The zero-order chi connectivity index (χ0) is 16.7. The summed E-state index contributed by atoms with van der Waals surface area (Å²) in [5.74, 6) is -0.608. The Bertz CT molecular complexity index is 977. The van der Waals surface area contributed by atoms with Gasteiger partial charge in [-0.1, -0.05) is 6.07 Å². The minimum atomic E-state index is -0.825. The summed E-state index contributed by atoms with van der Waals surface area (Å²) in [6.07, 6.45) is 5.42. The maximum Gasteiger partial charge on any atom is 0.265 e. The normalized spacial score (nSPS) is 30.8. The molecule has 2 unspecified atom stereocenters. The van der Waals surface area contributed by atoms with E-state index in [0.717, 1.165) is 10.9 Å². The molecule has 2 amide bonds. The third-order valence-electron chi connectivity index (χ3n) is 5.08. The number of aromatic nitrogens is 1. The predicted octanol–water partition coefficient (Wildman–Crippen LogP) is 2.52. The average molecular weight is 318 g/mol. The van der Waals surface area contributed by atoms with Gasteiger partial charge < -0.3 is 4.74 Å². The fourth-order valence-corrected chi connectivity index (χ4v) is 4.05. The van der Waals surface area contributed by atoms with Crippen LogP contribution in [0.4, 0.5) is 5.69 Å². The van der Waals surface area contributed by atoms with Crippen molar-refractivity contribution in [2.24, 2.45) is 0 Å². The van der Waals surface area contributed by atoms with Crippen LogP contribution in [0.1, 0.15) is 13.8 Å². The maximum absolute atomic E-state index is 13.1. The summed E-state index contributed by atoms with van der Waals surface area (Å²) in [7, 11) is 0. The predicted molar refractivity (Wildman–Crippen MR) is 88.3 cm³/mol. The summed E-state index contributed by atoms with van der Waals surface area (Å²) in [5, 5.41) is 0.777. The van der Waals surface area contributed by atoms with E-state index in [2.05, 4.69) is 4.98 Å². The van der Waals surface area contributed by atoms with Gasteiger partial charge in [0.25, 0.3) is 11.8 Å². The van der Waals surface area contributed by atoms with Gasteiger partial charge in [-0.25, -0.2) is 4.90 Å². The molecule has 3 aliphatic rings. The average Bonchev–Trinajstić information content (AvgIpc) is 3.11. The lowest BCUT2D eigenvalue weighted by Crippen LogP contribution is -2.40. The Hall–Kier alpha value is -2.79. The molecule has 3 aliphatic heterocycles. The molecular weight excluding hydrogens is 304 g/mol. The zero-order valence-electron chi connectivity index (χ0n) is 13.2. The molecular formula is C19H14N2O3. The minimum absolute atomic E-state index is 0.304. The summed E-state index contributed by atoms with van der Waals surface area (Å²) in [4.78, 5) is 31.8. The van der Waals surface area contributed by atoms with E-state index < -0.39 is 11.2 Å². The van der Waals surface area contributed by atoms with E-state index in [9.17, 15) is 9.59 Å². The molecule has 0 aliphatic carbocycles. The van der Waals surface area contributed by atoms with Gasteiger partial charge in [0.05, 0.1) is 22.4 Å². The van der Waals surface area contributed by atoms with Crippen molar-refractivity contribution >= 4 is 28.4 Å². The number of anilines is 1. The van der Waals surface area contributed by atoms with Crippen LogP contribution < -0.4 is 4.90 Å². The lowest BCUT2D eigenvalue weighted by Gasteiger charge is -2.27. The molecule has 5 heteroatoms. The first-order valence-electron chi connectivity index (χ1n) is 7.83. The second kappa shape index (κ2) is 3.99. The molecule has 1 aromatic carbocycles. The highest BCUT2D eigenvalue weighted by Crippen LogP contribution is 2.53. The van der Waals surface area contributed by atoms with Gasteiger partial charge in [0.2, 0.25) is 0 Å². The second-order valence-corrected chi connectivity index (χ2v) is 6.69.